The van der Waals surface area contributed by atoms with Crippen molar-refractivity contribution in [2.75, 3.05) is 12.4 Å². The summed E-state index contributed by atoms with van der Waals surface area (Å²) in [4.78, 5) is 12.5. The van der Waals surface area contributed by atoms with Crippen LogP contribution in [-0.4, -0.2) is 29.7 Å². The number of halogens is 5. The van der Waals surface area contributed by atoms with Crippen molar-refractivity contribution in [1.82, 2.24) is 10.4 Å². The maximum Gasteiger partial charge on any atom is 0.421 e. The molecule has 0 radical (unpaired) electrons. The second-order valence-electron chi connectivity index (χ2n) is 6.00. The second-order valence-corrected chi connectivity index (χ2v) is 6.00. The highest BCUT2D eigenvalue weighted by molar-refractivity contribution is 6.03. The number of hydrogen-bond donors (Lipinski definition) is 2. The van der Waals surface area contributed by atoms with Crippen LogP contribution in [0.5, 0.6) is 0 Å². The summed E-state index contributed by atoms with van der Waals surface area (Å²) in [5.41, 5.74) is -0.482. The first kappa shape index (κ1) is 18.8. The van der Waals surface area contributed by atoms with Crippen molar-refractivity contribution in [2.24, 2.45) is 0 Å². The van der Waals surface area contributed by atoms with Crippen LogP contribution in [0, 0.1) is 11.6 Å². The van der Waals surface area contributed by atoms with Crippen LogP contribution >= 0.6 is 0 Å². The molecule has 0 bridgehead atoms. The average Bonchev–Trinajstić information content (AvgIpc) is 3.00. The summed E-state index contributed by atoms with van der Waals surface area (Å²) in [7, 11) is 1.32. The maximum atomic E-state index is 13.7. The van der Waals surface area contributed by atoms with E-state index < -0.39 is 29.3 Å². The monoisotopic (exact) mass is 383 g/mol. The van der Waals surface area contributed by atoms with Crippen molar-refractivity contribution < 1.29 is 26.7 Å². The minimum absolute atomic E-state index is 0.0404. The highest BCUT2D eigenvalue weighted by Crippen LogP contribution is 2.37. The van der Waals surface area contributed by atoms with Gasteiger partial charge in [0.15, 0.2) is 0 Å². The number of rotatable bonds is 3. The zero-order chi connectivity index (χ0) is 19.8. The van der Waals surface area contributed by atoms with Gasteiger partial charge in [0, 0.05) is 24.5 Å². The molecule has 0 aromatic heterocycles. The van der Waals surface area contributed by atoms with Crippen LogP contribution in [0.3, 0.4) is 0 Å². The number of alkyl halides is 3. The lowest BCUT2D eigenvalue weighted by Gasteiger charge is -2.31. The van der Waals surface area contributed by atoms with Crippen molar-refractivity contribution in [3.05, 3.63) is 66.4 Å². The molecule has 1 unspecified atom stereocenters. The molecule has 0 saturated heterocycles. The first-order valence-electron chi connectivity index (χ1n) is 7.76. The van der Waals surface area contributed by atoms with Crippen LogP contribution in [0.25, 0.3) is 11.1 Å². The molecular weight excluding hydrogens is 369 g/mol. The number of hydrogen-bond acceptors (Lipinski definition) is 3. The van der Waals surface area contributed by atoms with Crippen molar-refractivity contribution in [3.8, 4) is 11.1 Å². The van der Waals surface area contributed by atoms with Gasteiger partial charge in [0.2, 0.25) is 5.54 Å². The Hall–Kier alpha value is -2.94. The smallest absolute Gasteiger partial charge is 0.323 e. The Morgan fingerprint density at radius 3 is 2.26 bits per heavy atom. The Morgan fingerprint density at radius 2 is 1.70 bits per heavy atom. The van der Waals surface area contributed by atoms with E-state index >= 15 is 0 Å². The summed E-state index contributed by atoms with van der Waals surface area (Å²) >= 11 is 0. The molecule has 4 nitrogen and oxygen atoms in total. The first-order chi connectivity index (χ1) is 12.6. The van der Waals surface area contributed by atoms with Crippen LogP contribution in [0.4, 0.5) is 27.6 Å². The van der Waals surface area contributed by atoms with Crippen molar-refractivity contribution in [2.45, 2.75) is 11.7 Å². The van der Waals surface area contributed by atoms with Gasteiger partial charge in [-0.2, -0.15) is 13.2 Å². The van der Waals surface area contributed by atoms with E-state index in [9.17, 15) is 26.7 Å². The van der Waals surface area contributed by atoms with Crippen molar-refractivity contribution >= 4 is 11.6 Å². The molecule has 2 aromatic carbocycles. The molecule has 0 saturated carbocycles. The van der Waals surface area contributed by atoms with Crippen LogP contribution in [0.2, 0.25) is 0 Å². The van der Waals surface area contributed by atoms with E-state index in [1.54, 1.807) is 0 Å². The summed E-state index contributed by atoms with van der Waals surface area (Å²) in [6, 6.07) is 8.12. The first-order valence-corrected chi connectivity index (χ1v) is 7.76. The van der Waals surface area contributed by atoms with E-state index in [0.717, 1.165) is 41.5 Å². The Bertz CT molecular complexity index is 895. The molecule has 3 rings (SSSR count). The minimum Gasteiger partial charge on any atom is -0.323 e. The summed E-state index contributed by atoms with van der Waals surface area (Å²) in [6.07, 6.45) is -3.14. The molecule has 142 valence electrons. The number of amides is 1. The lowest BCUT2D eigenvalue weighted by molar-refractivity contribution is -0.189. The lowest BCUT2D eigenvalue weighted by atomic mass is 9.98. The van der Waals surface area contributed by atoms with Crippen LogP contribution in [0.1, 0.15) is 0 Å². The number of hydrazine groups is 1. The molecule has 1 aliphatic heterocycles. The number of nitrogens with zero attached hydrogens (tertiary/aromatic N) is 1. The lowest BCUT2D eigenvalue weighted by Crippen LogP contribution is -2.63. The standard InChI is InChI=1S/C18H14F5N3O/c1-26-9-8-17(25-26,18(21,22)23)16(27)24-15-7-6-13(20)10-14(15)11-2-4-12(19)5-3-11/h2-10,25H,1H3,(H,24,27). The van der Waals surface area contributed by atoms with Gasteiger partial charge < -0.3 is 10.3 Å². The molecule has 0 aliphatic carbocycles. The van der Waals surface area contributed by atoms with E-state index in [1.807, 2.05) is 0 Å². The van der Waals surface area contributed by atoms with Gasteiger partial charge in [0.25, 0.3) is 5.91 Å². The largest absolute Gasteiger partial charge is 0.421 e. The Balaban J connectivity index is 1.99. The van der Waals surface area contributed by atoms with Gasteiger partial charge in [-0.15, -0.1) is 0 Å². The summed E-state index contributed by atoms with van der Waals surface area (Å²) < 4.78 is 67.5. The summed E-state index contributed by atoms with van der Waals surface area (Å²) in [6.45, 7) is 0. The third kappa shape index (κ3) is 3.50. The molecule has 1 heterocycles. The molecule has 2 aromatic rings. The number of carbonyl (C=O) groups excluding carboxylic acids is 1. The van der Waals surface area contributed by atoms with E-state index in [4.69, 9.17) is 0 Å². The fraction of sp³-hybridized carbons (Fsp3) is 0.167. The van der Waals surface area contributed by atoms with E-state index in [1.165, 1.54) is 19.2 Å². The van der Waals surface area contributed by atoms with Crippen LogP contribution in [0.15, 0.2) is 54.7 Å². The molecular formula is C18H14F5N3O. The third-order valence-electron chi connectivity index (χ3n) is 4.09. The highest BCUT2D eigenvalue weighted by Gasteiger charge is 2.61. The SMILES string of the molecule is CN1C=CC(C(=O)Nc2ccc(F)cc2-c2ccc(F)cc2)(C(F)(F)F)N1. The van der Waals surface area contributed by atoms with E-state index in [-0.39, 0.29) is 11.3 Å². The normalized spacial score (nSPS) is 19.4. The zero-order valence-corrected chi connectivity index (χ0v) is 13.9. The van der Waals surface area contributed by atoms with Crippen LogP contribution < -0.4 is 10.7 Å². The molecule has 0 fully saturated rings. The molecule has 0 spiro atoms. The predicted octanol–water partition coefficient (Wildman–Crippen LogP) is 3.84. The van der Waals surface area contributed by atoms with Gasteiger partial charge in [0.05, 0.1) is 0 Å². The van der Waals surface area contributed by atoms with Gasteiger partial charge in [-0.3, -0.25) is 4.79 Å². The highest BCUT2D eigenvalue weighted by atomic mass is 19.4. The molecule has 1 aliphatic rings. The summed E-state index contributed by atoms with van der Waals surface area (Å²) in [5, 5.41) is 3.21. The van der Waals surface area contributed by atoms with Gasteiger partial charge in [-0.25, -0.2) is 14.2 Å². The number of benzene rings is 2. The fourth-order valence-electron chi connectivity index (χ4n) is 2.70. The van der Waals surface area contributed by atoms with Crippen molar-refractivity contribution in [1.29, 1.82) is 0 Å². The van der Waals surface area contributed by atoms with Crippen molar-refractivity contribution in [3.63, 3.8) is 0 Å². The second kappa shape index (κ2) is 6.66. The maximum absolute atomic E-state index is 13.7. The number of anilines is 1. The average molecular weight is 383 g/mol. The van der Waals surface area contributed by atoms with Gasteiger partial charge in [-0.05, 0) is 42.0 Å². The number of nitrogens with one attached hydrogen (secondary N) is 2. The van der Waals surface area contributed by atoms with E-state index in [0.29, 0.717) is 11.6 Å². The Morgan fingerprint density at radius 1 is 1.07 bits per heavy atom. The zero-order valence-electron chi connectivity index (χ0n) is 13.9. The third-order valence-corrected chi connectivity index (χ3v) is 4.09. The molecule has 27 heavy (non-hydrogen) atoms. The Kier molecular flexibility index (Phi) is 4.64. The molecule has 9 heteroatoms. The Labute approximate surface area is 151 Å². The van der Waals surface area contributed by atoms with Crippen LogP contribution in [-0.2, 0) is 4.79 Å². The van der Waals surface area contributed by atoms with Gasteiger partial charge in [0.1, 0.15) is 11.6 Å². The fourth-order valence-corrected chi connectivity index (χ4v) is 2.70. The quantitative estimate of drug-likeness (QED) is 0.792. The van der Waals surface area contributed by atoms with Gasteiger partial charge >= 0.3 is 6.18 Å². The minimum atomic E-state index is -4.92. The summed E-state index contributed by atoms with van der Waals surface area (Å²) in [5.74, 6) is -2.57. The van der Waals surface area contributed by atoms with E-state index in [2.05, 4.69) is 10.7 Å². The van der Waals surface area contributed by atoms with Gasteiger partial charge in [-0.1, -0.05) is 12.1 Å². The number of carbonyl (C=O) groups is 1. The topological polar surface area (TPSA) is 44.4 Å². The molecule has 2 N–H and O–H groups in total. The molecule has 1 amide bonds. The predicted molar refractivity (Wildman–Crippen MR) is 89.2 cm³/mol. The molecule has 1 atom stereocenters.